The van der Waals surface area contributed by atoms with E-state index in [4.69, 9.17) is 0 Å². The molecule has 1 fully saturated rings. The molecule has 1 saturated carbocycles. The average Bonchev–Trinajstić information content (AvgIpc) is 2.46. The Kier molecular flexibility index (Phi) is 3.51. The van der Waals surface area contributed by atoms with Gasteiger partial charge in [-0.2, -0.15) is 0 Å². The lowest BCUT2D eigenvalue weighted by Crippen LogP contribution is -2.25. The van der Waals surface area contributed by atoms with E-state index >= 15 is 0 Å². The first-order chi connectivity index (χ1) is 9.55. The van der Waals surface area contributed by atoms with Crippen molar-refractivity contribution < 1.29 is 5.11 Å². The molecule has 3 rings (SSSR count). The smallest absolute Gasteiger partial charge is 0.0818 e. The summed E-state index contributed by atoms with van der Waals surface area (Å²) in [6.45, 7) is 4.66. The first-order valence-corrected chi connectivity index (χ1v) is 7.58. The Labute approximate surface area is 120 Å². The van der Waals surface area contributed by atoms with Crippen LogP contribution in [0.5, 0.6) is 0 Å². The van der Waals surface area contributed by atoms with Gasteiger partial charge in [-0.1, -0.05) is 26.0 Å². The fraction of sp³-hybridized carbons (Fsp3) is 0.500. The van der Waals surface area contributed by atoms with E-state index in [-0.39, 0.29) is 6.10 Å². The van der Waals surface area contributed by atoms with E-state index in [1.54, 1.807) is 0 Å². The molecule has 1 atom stereocenters. The van der Waals surface area contributed by atoms with Gasteiger partial charge in [-0.25, -0.2) is 0 Å². The molecule has 1 aliphatic rings. The lowest BCUT2D eigenvalue weighted by molar-refractivity contribution is 0.0568. The van der Waals surface area contributed by atoms with Crippen LogP contribution in [0.1, 0.15) is 51.2 Å². The lowest BCUT2D eigenvalue weighted by Gasteiger charge is -2.36. The molecule has 20 heavy (non-hydrogen) atoms. The van der Waals surface area contributed by atoms with E-state index in [1.807, 2.05) is 24.4 Å². The Morgan fingerprint density at radius 1 is 1.20 bits per heavy atom. The van der Waals surface area contributed by atoms with Crippen LogP contribution in [-0.2, 0) is 0 Å². The fourth-order valence-corrected chi connectivity index (χ4v) is 3.29. The zero-order chi connectivity index (χ0) is 14.2. The SMILES string of the molecule is CC1(C)CCC(C(O)c2ccc3ncccc3c2)CC1. The van der Waals surface area contributed by atoms with E-state index in [9.17, 15) is 5.11 Å². The van der Waals surface area contributed by atoms with Crippen LogP contribution in [0.15, 0.2) is 36.5 Å². The van der Waals surface area contributed by atoms with Crippen molar-refractivity contribution in [2.75, 3.05) is 0 Å². The second-order valence-electron chi connectivity index (χ2n) is 6.90. The van der Waals surface area contributed by atoms with E-state index in [2.05, 4.69) is 31.0 Å². The summed E-state index contributed by atoms with van der Waals surface area (Å²) in [6, 6.07) is 10.1. The van der Waals surface area contributed by atoms with Gasteiger partial charge in [0, 0.05) is 11.6 Å². The van der Waals surface area contributed by atoms with Gasteiger partial charge in [0.2, 0.25) is 0 Å². The number of hydrogen-bond acceptors (Lipinski definition) is 2. The van der Waals surface area contributed by atoms with Gasteiger partial charge >= 0.3 is 0 Å². The summed E-state index contributed by atoms with van der Waals surface area (Å²) < 4.78 is 0. The summed E-state index contributed by atoms with van der Waals surface area (Å²) in [5.74, 6) is 0.400. The molecule has 0 aliphatic heterocycles. The Balaban J connectivity index is 1.80. The van der Waals surface area contributed by atoms with Crippen molar-refractivity contribution in [3.05, 3.63) is 42.1 Å². The van der Waals surface area contributed by atoms with Gasteiger partial charge < -0.3 is 5.11 Å². The number of nitrogens with zero attached hydrogens (tertiary/aromatic N) is 1. The summed E-state index contributed by atoms with van der Waals surface area (Å²) >= 11 is 0. The van der Waals surface area contributed by atoms with Crippen molar-refractivity contribution in [3.63, 3.8) is 0 Å². The number of aliphatic hydroxyl groups excluding tert-OH is 1. The van der Waals surface area contributed by atoms with Crippen molar-refractivity contribution in [3.8, 4) is 0 Å². The average molecular weight is 269 g/mol. The summed E-state index contributed by atoms with van der Waals surface area (Å²) in [7, 11) is 0. The first kappa shape index (κ1) is 13.6. The number of aliphatic hydroxyl groups is 1. The van der Waals surface area contributed by atoms with E-state index < -0.39 is 0 Å². The van der Waals surface area contributed by atoms with Crippen LogP contribution in [0.25, 0.3) is 10.9 Å². The third-order valence-corrected chi connectivity index (χ3v) is 4.80. The van der Waals surface area contributed by atoms with Gasteiger partial charge in [0.1, 0.15) is 0 Å². The molecule has 1 unspecified atom stereocenters. The van der Waals surface area contributed by atoms with Crippen LogP contribution in [0.3, 0.4) is 0 Å². The van der Waals surface area contributed by atoms with Gasteiger partial charge in [0.15, 0.2) is 0 Å². The largest absolute Gasteiger partial charge is 0.388 e. The van der Waals surface area contributed by atoms with Crippen molar-refractivity contribution in [1.82, 2.24) is 4.98 Å². The van der Waals surface area contributed by atoms with Gasteiger partial charge in [0.05, 0.1) is 11.6 Å². The van der Waals surface area contributed by atoms with Crippen molar-refractivity contribution >= 4 is 10.9 Å². The van der Waals surface area contributed by atoms with Crippen molar-refractivity contribution in [1.29, 1.82) is 0 Å². The minimum absolute atomic E-state index is 0.337. The summed E-state index contributed by atoms with van der Waals surface area (Å²) in [6.07, 6.45) is 6.14. The third-order valence-electron chi connectivity index (χ3n) is 4.80. The maximum atomic E-state index is 10.7. The predicted octanol–water partition coefficient (Wildman–Crippen LogP) is 4.48. The normalized spacial score (nSPS) is 20.9. The van der Waals surface area contributed by atoms with Gasteiger partial charge in [-0.05, 0) is 60.8 Å². The molecule has 2 nitrogen and oxygen atoms in total. The summed E-state index contributed by atoms with van der Waals surface area (Å²) in [5, 5.41) is 11.8. The number of rotatable bonds is 2. The molecule has 106 valence electrons. The Hall–Kier alpha value is -1.41. The summed E-state index contributed by atoms with van der Waals surface area (Å²) in [4.78, 5) is 4.33. The van der Waals surface area contributed by atoms with E-state index in [0.29, 0.717) is 11.3 Å². The molecule has 0 saturated heterocycles. The highest BCUT2D eigenvalue weighted by Gasteiger charge is 2.31. The minimum Gasteiger partial charge on any atom is -0.388 e. The molecular formula is C18H23NO. The molecule has 1 heterocycles. The van der Waals surface area contributed by atoms with Gasteiger partial charge in [-0.3, -0.25) is 4.98 Å². The molecule has 0 bridgehead atoms. The molecule has 2 aromatic rings. The Morgan fingerprint density at radius 3 is 2.70 bits per heavy atom. The van der Waals surface area contributed by atoms with Crippen molar-refractivity contribution in [2.45, 2.75) is 45.6 Å². The predicted molar refractivity (Wildman–Crippen MR) is 82.4 cm³/mol. The second-order valence-corrected chi connectivity index (χ2v) is 6.90. The Morgan fingerprint density at radius 2 is 1.95 bits per heavy atom. The molecule has 0 radical (unpaired) electrons. The van der Waals surface area contributed by atoms with Crippen LogP contribution < -0.4 is 0 Å². The highest BCUT2D eigenvalue weighted by molar-refractivity contribution is 5.79. The van der Waals surface area contributed by atoms with Crippen LogP contribution in [0.4, 0.5) is 0 Å². The van der Waals surface area contributed by atoms with Crippen LogP contribution in [0.2, 0.25) is 0 Å². The van der Waals surface area contributed by atoms with Crippen molar-refractivity contribution in [2.24, 2.45) is 11.3 Å². The van der Waals surface area contributed by atoms with Crippen LogP contribution >= 0.6 is 0 Å². The monoisotopic (exact) mass is 269 g/mol. The number of aromatic nitrogens is 1. The van der Waals surface area contributed by atoms with Crippen LogP contribution in [0, 0.1) is 11.3 Å². The van der Waals surface area contributed by atoms with Crippen LogP contribution in [-0.4, -0.2) is 10.1 Å². The minimum atomic E-state index is -0.337. The Bertz CT molecular complexity index is 595. The molecule has 1 aromatic carbocycles. The highest BCUT2D eigenvalue weighted by atomic mass is 16.3. The fourth-order valence-electron chi connectivity index (χ4n) is 3.29. The topological polar surface area (TPSA) is 33.1 Å². The zero-order valence-corrected chi connectivity index (χ0v) is 12.3. The zero-order valence-electron chi connectivity index (χ0n) is 12.3. The molecule has 0 spiro atoms. The maximum absolute atomic E-state index is 10.7. The van der Waals surface area contributed by atoms with Gasteiger partial charge in [0.25, 0.3) is 0 Å². The molecule has 1 N–H and O–H groups in total. The molecule has 0 amide bonds. The van der Waals surface area contributed by atoms with E-state index in [0.717, 1.165) is 29.3 Å². The first-order valence-electron chi connectivity index (χ1n) is 7.58. The number of fused-ring (bicyclic) bond motifs is 1. The highest BCUT2D eigenvalue weighted by Crippen LogP contribution is 2.42. The second kappa shape index (κ2) is 5.17. The number of hydrogen-bond donors (Lipinski definition) is 1. The van der Waals surface area contributed by atoms with Gasteiger partial charge in [-0.15, -0.1) is 0 Å². The standard InChI is InChI=1S/C18H23NO/c1-18(2)9-7-13(8-10-18)17(20)15-5-6-16-14(12-15)4-3-11-19-16/h3-6,11-13,17,20H,7-10H2,1-2H3. The lowest BCUT2D eigenvalue weighted by atomic mass is 9.71. The number of pyridine rings is 1. The molecule has 2 heteroatoms. The van der Waals surface area contributed by atoms with E-state index in [1.165, 1.54) is 12.8 Å². The summed E-state index contributed by atoms with van der Waals surface area (Å²) in [5.41, 5.74) is 2.48. The molecule has 1 aromatic heterocycles. The quantitative estimate of drug-likeness (QED) is 0.871. The molecular weight excluding hydrogens is 246 g/mol. The molecule has 1 aliphatic carbocycles. The number of benzene rings is 1. The maximum Gasteiger partial charge on any atom is 0.0818 e. The third kappa shape index (κ3) is 2.71.